The molecule has 4 rings (SSSR count). The Bertz CT molecular complexity index is 1020. The smallest absolute Gasteiger partial charge is 0.266 e. The van der Waals surface area contributed by atoms with Crippen LogP contribution in [-0.4, -0.2) is 24.8 Å². The summed E-state index contributed by atoms with van der Waals surface area (Å²) in [5, 5.41) is 4.60. The highest BCUT2D eigenvalue weighted by Crippen LogP contribution is 2.36. The molecule has 2 aromatic carbocycles. The second kappa shape index (κ2) is 6.69. The maximum Gasteiger partial charge on any atom is 0.266 e. The van der Waals surface area contributed by atoms with Crippen LogP contribution < -0.4 is 15.0 Å². The first kappa shape index (κ1) is 17.0. The summed E-state index contributed by atoms with van der Waals surface area (Å²) >= 11 is 1.34. The van der Waals surface area contributed by atoms with Gasteiger partial charge < -0.3 is 10.1 Å². The van der Waals surface area contributed by atoms with Crippen LogP contribution in [0.25, 0.3) is 0 Å². The average molecular weight is 378 g/mol. The summed E-state index contributed by atoms with van der Waals surface area (Å²) in [5.74, 6) is -0.720. The monoisotopic (exact) mass is 378 g/mol. The third kappa shape index (κ3) is 2.88. The number of thiophene rings is 1. The summed E-state index contributed by atoms with van der Waals surface area (Å²) in [4.78, 5) is 39.2. The summed E-state index contributed by atoms with van der Waals surface area (Å²) in [5.41, 5.74) is 1.56. The van der Waals surface area contributed by atoms with Crippen molar-refractivity contribution in [3.05, 3.63) is 76.0 Å². The Morgan fingerprint density at radius 2 is 1.70 bits per heavy atom. The number of ether oxygens (including phenoxy) is 1. The maximum absolute atomic E-state index is 12.7. The van der Waals surface area contributed by atoms with Crippen LogP contribution in [0.5, 0.6) is 5.75 Å². The highest BCUT2D eigenvalue weighted by Gasteiger charge is 2.37. The van der Waals surface area contributed by atoms with E-state index in [2.05, 4.69) is 5.32 Å². The number of carbonyl (C=O) groups is 3. The molecule has 1 aromatic heterocycles. The van der Waals surface area contributed by atoms with Gasteiger partial charge in [-0.15, -0.1) is 11.3 Å². The number of hydrogen-bond donors (Lipinski definition) is 1. The van der Waals surface area contributed by atoms with Crippen molar-refractivity contribution in [3.8, 4) is 5.75 Å². The van der Waals surface area contributed by atoms with Gasteiger partial charge in [-0.2, -0.15) is 0 Å². The predicted octanol–water partition coefficient (Wildman–Crippen LogP) is 3.81. The minimum Gasteiger partial charge on any atom is -0.494 e. The second-order valence-electron chi connectivity index (χ2n) is 5.81. The van der Waals surface area contributed by atoms with Crippen molar-refractivity contribution in [1.82, 2.24) is 0 Å². The van der Waals surface area contributed by atoms with Crippen molar-refractivity contribution >= 4 is 40.4 Å². The molecule has 0 spiro atoms. The van der Waals surface area contributed by atoms with Crippen LogP contribution in [0.15, 0.2) is 60.0 Å². The zero-order valence-electron chi connectivity index (χ0n) is 14.3. The summed E-state index contributed by atoms with van der Waals surface area (Å²) < 4.78 is 5.37. The fourth-order valence-corrected chi connectivity index (χ4v) is 3.57. The van der Waals surface area contributed by atoms with Gasteiger partial charge in [-0.25, -0.2) is 4.90 Å². The quantitative estimate of drug-likeness (QED) is 0.701. The molecule has 0 saturated heterocycles. The van der Waals surface area contributed by atoms with Gasteiger partial charge in [-0.1, -0.05) is 18.2 Å². The van der Waals surface area contributed by atoms with E-state index in [0.717, 1.165) is 4.90 Å². The van der Waals surface area contributed by atoms with E-state index in [1.54, 1.807) is 54.6 Å². The molecule has 0 saturated carbocycles. The van der Waals surface area contributed by atoms with Crippen LogP contribution in [0.3, 0.4) is 0 Å². The minimum atomic E-state index is -0.399. The van der Waals surface area contributed by atoms with Gasteiger partial charge in [-0.05, 0) is 35.7 Å². The molecule has 0 atom stereocenters. The van der Waals surface area contributed by atoms with Gasteiger partial charge in [0.1, 0.15) is 5.75 Å². The van der Waals surface area contributed by atoms with Gasteiger partial charge in [0.25, 0.3) is 17.7 Å². The molecule has 0 bridgehead atoms. The lowest BCUT2D eigenvalue weighted by atomic mass is 10.1. The van der Waals surface area contributed by atoms with E-state index in [-0.39, 0.29) is 5.91 Å². The number of amides is 3. The lowest BCUT2D eigenvalue weighted by Gasteiger charge is -2.18. The summed E-state index contributed by atoms with van der Waals surface area (Å²) in [6, 6.07) is 15.0. The first-order valence-electron chi connectivity index (χ1n) is 8.11. The normalized spacial score (nSPS) is 12.9. The lowest BCUT2D eigenvalue weighted by molar-refractivity contribution is 0.0923. The molecule has 0 radical (unpaired) electrons. The number of imide groups is 1. The first-order chi connectivity index (χ1) is 13.1. The molecule has 0 aliphatic carbocycles. The largest absolute Gasteiger partial charge is 0.494 e. The molecule has 0 fully saturated rings. The predicted molar refractivity (Wildman–Crippen MR) is 103 cm³/mol. The van der Waals surface area contributed by atoms with Gasteiger partial charge in [-0.3, -0.25) is 14.4 Å². The first-order valence-corrected chi connectivity index (χ1v) is 8.99. The van der Waals surface area contributed by atoms with E-state index in [1.807, 2.05) is 5.38 Å². The Labute approximate surface area is 159 Å². The summed E-state index contributed by atoms with van der Waals surface area (Å²) in [6.45, 7) is 0. The summed E-state index contributed by atoms with van der Waals surface area (Å²) in [7, 11) is 1.45. The molecule has 1 aliphatic rings. The van der Waals surface area contributed by atoms with Crippen molar-refractivity contribution in [3.63, 3.8) is 0 Å². The van der Waals surface area contributed by atoms with Crippen LogP contribution in [0.2, 0.25) is 0 Å². The molecule has 7 heteroatoms. The molecule has 2 heterocycles. The molecule has 1 N–H and O–H groups in total. The van der Waals surface area contributed by atoms with Crippen LogP contribution in [-0.2, 0) is 0 Å². The third-order valence-electron chi connectivity index (χ3n) is 4.22. The van der Waals surface area contributed by atoms with Gasteiger partial charge >= 0.3 is 0 Å². The molecule has 0 unspecified atom stereocenters. The van der Waals surface area contributed by atoms with E-state index < -0.39 is 11.8 Å². The fourth-order valence-electron chi connectivity index (χ4n) is 2.95. The van der Waals surface area contributed by atoms with Crippen LogP contribution >= 0.6 is 11.3 Å². The molecule has 134 valence electrons. The molecular weight excluding hydrogens is 364 g/mol. The number of carbonyl (C=O) groups excluding carboxylic acids is 3. The maximum atomic E-state index is 12.7. The Hall–Kier alpha value is -3.45. The average Bonchev–Trinajstić information content (AvgIpc) is 3.31. The zero-order chi connectivity index (χ0) is 19.0. The Morgan fingerprint density at radius 1 is 1.00 bits per heavy atom. The zero-order valence-corrected chi connectivity index (χ0v) is 15.1. The number of anilines is 2. The van der Waals surface area contributed by atoms with Gasteiger partial charge in [0.15, 0.2) is 0 Å². The number of nitrogens with zero attached hydrogens (tertiary/aromatic N) is 1. The van der Waals surface area contributed by atoms with E-state index in [4.69, 9.17) is 4.74 Å². The van der Waals surface area contributed by atoms with Crippen LogP contribution in [0.4, 0.5) is 11.4 Å². The number of benzene rings is 2. The van der Waals surface area contributed by atoms with Gasteiger partial charge in [0.05, 0.1) is 28.8 Å². The molecule has 6 nitrogen and oxygen atoms in total. The van der Waals surface area contributed by atoms with E-state index in [9.17, 15) is 14.4 Å². The van der Waals surface area contributed by atoms with Crippen molar-refractivity contribution in [2.75, 3.05) is 17.3 Å². The fraction of sp³-hybridized carbons (Fsp3) is 0.0500. The molecule has 3 amide bonds. The Balaban J connectivity index is 1.66. The molecule has 3 aromatic rings. The minimum absolute atomic E-state index is 0.236. The molecule has 27 heavy (non-hydrogen) atoms. The highest BCUT2D eigenvalue weighted by molar-refractivity contribution is 7.12. The van der Waals surface area contributed by atoms with Crippen LogP contribution in [0.1, 0.15) is 30.4 Å². The van der Waals surface area contributed by atoms with Gasteiger partial charge in [0.2, 0.25) is 0 Å². The molecular formula is C20H14N2O4S. The Kier molecular flexibility index (Phi) is 4.21. The van der Waals surface area contributed by atoms with Crippen LogP contribution in [0, 0.1) is 0 Å². The lowest BCUT2D eigenvalue weighted by Crippen LogP contribution is -2.29. The number of hydrogen-bond acceptors (Lipinski definition) is 5. The number of rotatable bonds is 4. The van der Waals surface area contributed by atoms with E-state index >= 15 is 0 Å². The Morgan fingerprint density at radius 3 is 2.30 bits per heavy atom. The topological polar surface area (TPSA) is 75.7 Å². The van der Waals surface area contributed by atoms with Crippen molar-refractivity contribution in [1.29, 1.82) is 0 Å². The second-order valence-corrected chi connectivity index (χ2v) is 6.76. The number of fused-ring (bicyclic) bond motifs is 1. The number of nitrogens with one attached hydrogen (secondary N) is 1. The van der Waals surface area contributed by atoms with Crippen molar-refractivity contribution in [2.24, 2.45) is 0 Å². The third-order valence-corrected chi connectivity index (χ3v) is 5.09. The van der Waals surface area contributed by atoms with Crippen molar-refractivity contribution < 1.29 is 19.1 Å². The van der Waals surface area contributed by atoms with Gasteiger partial charge in [0, 0.05) is 11.8 Å². The van der Waals surface area contributed by atoms with E-state index in [1.165, 1.54) is 18.4 Å². The molecule has 1 aliphatic heterocycles. The SMILES string of the molecule is COc1cc(NC(=O)c2cccs2)ccc1N1C(=O)c2ccccc2C1=O. The van der Waals surface area contributed by atoms with E-state index in [0.29, 0.717) is 33.1 Å². The standard InChI is InChI=1S/C20H14N2O4S/c1-26-16-11-12(21-18(23)17-7-4-10-27-17)8-9-15(16)22-19(24)13-5-2-3-6-14(13)20(22)25/h2-11H,1H3,(H,21,23). The van der Waals surface area contributed by atoms with Crippen molar-refractivity contribution in [2.45, 2.75) is 0 Å². The summed E-state index contributed by atoms with van der Waals surface area (Å²) in [6.07, 6.45) is 0. The highest BCUT2D eigenvalue weighted by atomic mass is 32.1. The number of methoxy groups -OCH3 is 1.